The van der Waals surface area contributed by atoms with E-state index >= 15 is 0 Å². The summed E-state index contributed by atoms with van der Waals surface area (Å²) in [5.74, 6) is -0.840. The third kappa shape index (κ3) is 21.9. The van der Waals surface area contributed by atoms with Crippen molar-refractivity contribution < 1.29 is 28.7 Å². The molecule has 0 saturated carbocycles. The Morgan fingerprint density at radius 2 is 1.56 bits per heavy atom. The van der Waals surface area contributed by atoms with E-state index in [1.165, 1.54) is 19.9 Å². The van der Waals surface area contributed by atoms with E-state index in [0.717, 1.165) is 6.61 Å². The minimum Gasteiger partial charge on any atom is -0.393 e. The number of ketones is 2. The van der Waals surface area contributed by atoms with E-state index in [1.807, 2.05) is 6.92 Å². The summed E-state index contributed by atoms with van der Waals surface area (Å²) in [4.78, 5) is 40.6. The van der Waals surface area contributed by atoms with Gasteiger partial charge in [-0.25, -0.2) is 0 Å². The van der Waals surface area contributed by atoms with Crippen LogP contribution in [0.1, 0.15) is 55.4 Å². The van der Waals surface area contributed by atoms with Crippen molar-refractivity contribution in [2.75, 3.05) is 6.61 Å². The first-order valence-electron chi connectivity index (χ1n) is 7.67. The first-order chi connectivity index (χ1) is 11.0. The van der Waals surface area contributed by atoms with Gasteiger partial charge in [0.2, 0.25) is 0 Å². The molecule has 2 heterocycles. The number of epoxide rings is 1. The molecule has 0 bridgehead atoms. The number of allylic oxidation sites excluding steroid dienone is 3. The smallest absolute Gasteiger partial charge is 0.316 e. The number of ether oxygens (including phenoxy) is 2. The van der Waals surface area contributed by atoms with Gasteiger partial charge in [0.05, 0.1) is 25.0 Å². The Morgan fingerprint density at radius 1 is 1.16 bits per heavy atom. The molecule has 0 aromatic heterocycles. The van der Waals surface area contributed by atoms with Gasteiger partial charge in [-0.05, 0) is 46.3 Å². The van der Waals surface area contributed by atoms with Gasteiger partial charge >= 0.3 is 11.9 Å². The lowest BCUT2D eigenvalue weighted by Gasteiger charge is -1.86. The van der Waals surface area contributed by atoms with Crippen molar-refractivity contribution in [3.05, 3.63) is 24.3 Å². The van der Waals surface area contributed by atoms with Crippen LogP contribution in [0, 0.1) is 5.92 Å². The molecule has 0 aromatic carbocycles. The van der Waals surface area contributed by atoms with Crippen molar-refractivity contribution in [1.29, 1.82) is 0 Å². The van der Waals surface area contributed by atoms with E-state index in [4.69, 9.17) is 4.74 Å². The lowest BCUT2D eigenvalue weighted by molar-refractivity contribution is -0.153. The molecule has 0 N–H and O–H groups in total. The fraction of sp³-hybridized carbons (Fsp3) is 0.579. The molecule has 0 spiro atoms. The number of hydrogen-bond acceptors (Lipinski definition) is 6. The summed E-state index contributed by atoms with van der Waals surface area (Å²) in [5, 5.41) is 0. The predicted octanol–water partition coefficient (Wildman–Crippen LogP) is 3.44. The molecule has 6 nitrogen and oxygen atoms in total. The molecule has 2 aliphatic heterocycles. The number of carbonyl (C=O) groups excluding carboxylic acids is 4. The van der Waals surface area contributed by atoms with E-state index in [0.29, 0.717) is 11.7 Å². The molecule has 25 heavy (non-hydrogen) atoms. The van der Waals surface area contributed by atoms with Gasteiger partial charge < -0.3 is 9.47 Å². The lowest BCUT2D eigenvalue weighted by atomic mass is 10.1. The van der Waals surface area contributed by atoms with E-state index in [-0.39, 0.29) is 31.3 Å². The van der Waals surface area contributed by atoms with Crippen LogP contribution < -0.4 is 0 Å². The van der Waals surface area contributed by atoms with Gasteiger partial charge in [-0.1, -0.05) is 27.0 Å². The van der Waals surface area contributed by atoms with Crippen LogP contribution in [-0.4, -0.2) is 36.2 Å². The molecule has 6 heteroatoms. The lowest BCUT2D eigenvalue weighted by Crippen LogP contribution is -2.01. The van der Waals surface area contributed by atoms with E-state index < -0.39 is 11.9 Å². The highest BCUT2D eigenvalue weighted by atomic mass is 16.6. The van der Waals surface area contributed by atoms with Gasteiger partial charge in [-0.2, -0.15) is 0 Å². The Hall–Kier alpha value is -2.08. The second kappa shape index (κ2) is 15.4. The zero-order valence-corrected chi connectivity index (χ0v) is 15.4. The van der Waals surface area contributed by atoms with Crippen molar-refractivity contribution in [3.63, 3.8) is 0 Å². The summed E-state index contributed by atoms with van der Waals surface area (Å²) in [6.45, 7) is 14.7. The quantitative estimate of drug-likeness (QED) is 0.326. The fourth-order valence-electron chi connectivity index (χ4n) is 0.919. The normalized spacial score (nSPS) is 19.6. The highest BCUT2D eigenvalue weighted by Crippen LogP contribution is 2.13. The van der Waals surface area contributed by atoms with Crippen molar-refractivity contribution in [2.45, 2.75) is 61.5 Å². The molecule has 0 aromatic rings. The molecule has 2 aliphatic rings. The number of hydrogen-bond donors (Lipinski definition) is 0. The fourth-order valence-corrected chi connectivity index (χ4v) is 0.919. The Balaban J connectivity index is -0.000000261. The van der Waals surface area contributed by atoms with Gasteiger partial charge in [0.1, 0.15) is 0 Å². The summed E-state index contributed by atoms with van der Waals surface area (Å²) < 4.78 is 8.90. The van der Waals surface area contributed by atoms with Crippen LogP contribution in [-0.2, 0) is 28.7 Å². The number of esters is 2. The summed E-state index contributed by atoms with van der Waals surface area (Å²) in [6, 6.07) is 0. The van der Waals surface area contributed by atoms with Crippen LogP contribution in [0.3, 0.4) is 0 Å². The maximum atomic E-state index is 10.3. The van der Waals surface area contributed by atoms with Crippen molar-refractivity contribution >= 4 is 23.5 Å². The molecule has 144 valence electrons. The molecular formula is C19H32O6. The monoisotopic (exact) mass is 356 g/mol. The minimum atomic E-state index is -0.400. The summed E-state index contributed by atoms with van der Waals surface area (Å²) in [5.41, 5.74) is 0.620. The molecule has 0 amide bonds. The number of rotatable bonds is 2. The molecule has 0 radical (unpaired) electrons. The molecule has 2 unspecified atom stereocenters. The second-order valence-corrected chi connectivity index (χ2v) is 5.49. The van der Waals surface area contributed by atoms with Crippen LogP contribution in [0.2, 0.25) is 0 Å². The van der Waals surface area contributed by atoms with Crippen molar-refractivity contribution in [3.8, 4) is 0 Å². The Morgan fingerprint density at radius 3 is 1.60 bits per heavy atom. The zero-order valence-electron chi connectivity index (χ0n) is 15.4. The third-order valence-corrected chi connectivity index (χ3v) is 2.59. The maximum Gasteiger partial charge on any atom is 0.316 e. The van der Waals surface area contributed by atoms with Crippen LogP contribution in [0.4, 0.5) is 0 Å². The van der Waals surface area contributed by atoms with E-state index in [1.54, 1.807) is 19.9 Å². The predicted molar refractivity (Wildman–Crippen MR) is 98.0 cm³/mol. The molecule has 2 rings (SSSR count). The van der Waals surface area contributed by atoms with Crippen LogP contribution in [0.25, 0.3) is 0 Å². The van der Waals surface area contributed by atoms with Crippen LogP contribution >= 0.6 is 0 Å². The molecule has 2 atom stereocenters. The zero-order chi connectivity index (χ0) is 19.3. The van der Waals surface area contributed by atoms with Gasteiger partial charge in [0, 0.05) is 0 Å². The van der Waals surface area contributed by atoms with Crippen LogP contribution in [0.5, 0.6) is 0 Å². The van der Waals surface area contributed by atoms with Crippen molar-refractivity contribution in [2.24, 2.45) is 5.92 Å². The Kier molecular flexibility index (Phi) is 17.1. The summed E-state index contributed by atoms with van der Waals surface area (Å²) in [7, 11) is 0. The van der Waals surface area contributed by atoms with Crippen LogP contribution in [0.15, 0.2) is 24.3 Å². The average molecular weight is 356 g/mol. The third-order valence-electron chi connectivity index (χ3n) is 2.59. The van der Waals surface area contributed by atoms with Gasteiger partial charge in [-0.15, -0.1) is 0 Å². The Bertz CT molecular complexity index is 474. The Labute approximate surface area is 151 Å². The highest BCUT2D eigenvalue weighted by Gasteiger charge is 2.28. The summed E-state index contributed by atoms with van der Waals surface area (Å²) >= 11 is 0. The highest BCUT2D eigenvalue weighted by molar-refractivity contribution is 5.94. The largest absolute Gasteiger partial charge is 0.393 e. The van der Waals surface area contributed by atoms with Gasteiger partial charge in [0.25, 0.3) is 0 Å². The summed E-state index contributed by atoms with van der Waals surface area (Å²) in [6.07, 6.45) is 4.08. The SMILES string of the molecule is C.C/C=C/C(C)=O.C=C(C)C(C)=O.CC1CC(=O)OC1=O.CC1CO1. The second-order valence-electron chi connectivity index (χ2n) is 5.49. The van der Waals surface area contributed by atoms with E-state index in [2.05, 4.69) is 18.2 Å². The molecule has 2 fully saturated rings. The first kappa shape index (κ1) is 27.8. The minimum absolute atomic E-state index is 0. The molecule has 0 aliphatic carbocycles. The van der Waals surface area contributed by atoms with E-state index in [9.17, 15) is 19.2 Å². The molecular weight excluding hydrogens is 324 g/mol. The topological polar surface area (TPSA) is 90.0 Å². The first-order valence-corrected chi connectivity index (χ1v) is 7.67. The maximum absolute atomic E-state index is 10.3. The number of carbonyl (C=O) groups is 4. The number of cyclic esters (lactones) is 2. The average Bonchev–Trinajstić information content (AvgIpc) is 3.16. The van der Waals surface area contributed by atoms with Crippen molar-refractivity contribution in [1.82, 2.24) is 0 Å². The standard InChI is InChI=1S/C5H6O3.2C5H8O.C3H6O.CH4/c1-3-2-4(6)8-5(3)7;1-4(2)5(3)6;1-3-4-5(2)6;1-3-2-4-3;/h3H,2H2,1H3;1H2,2-3H3;3-4H,1-2H3;3H,2H2,1H3;1H4/b;;4-3+;;. The number of Topliss-reactive ketones (excluding diaryl/α,β-unsaturated/α-hetero) is 1. The molecule has 2 saturated heterocycles. The van der Waals surface area contributed by atoms with Gasteiger partial charge in [-0.3, -0.25) is 19.2 Å². The van der Waals surface area contributed by atoms with Gasteiger partial charge in [0.15, 0.2) is 11.6 Å².